The maximum Gasteiger partial charge on any atom is 0.212 e. The number of pyridine rings is 1. The van der Waals surface area contributed by atoms with Crippen molar-refractivity contribution in [2.75, 3.05) is 20.8 Å². The van der Waals surface area contributed by atoms with E-state index in [0.717, 1.165) is 25.5 Å². The van der Waals surface area contributed by atoms with Gasteiger partial charge in [-0.1, -0.05) is 31.9 Å². The molecule has 30 heavy (non-hydrogen) atoms. The minimum absolute atomic E-state index is 0.236. The molecule has 0 unspecified atom stereocenters. The molecule has 2 aromatic carbocycles. The van der Waals surface area contributed by atoms with Gasteiger partial charge in [0.15, 0.2) is 17.8 Å². The lowest BCUT2D eigenvalue weighted by Gasteiger charge is -2.14. The molecule has 0 atom stereocenters. The summed E-state index contributed by atoms with van der Waals surface area (Å²) in [4.78, 5) is 29.1. The van der Waals surface area contributed by atoms with Crippen LogP contribution in [0.3, 0.4) is 0 Å². The Bertz CT molecular complexity index is 1060. The molecule has 1 heterocycles. The Morgan fingerprint density at radius 3 is 2.53 bits per heavy atom. The van der Waals surface area contributed by atoms with Crippen LogP contribution in [0.5, 0.6) is 17.2 Å². The van der Waals surface area contributed by atoms with Crippen molar-refractivity contribution in [1.29, 1.82) is 0 Å². The molecule has 3 rings (SSSR count). The van der Waals surface area contributed by atoms with E-state index in [1.165, 1.54) is 6.20 Å². The van der Waals surface area contributed by atoms with Crippen molar-refractivity contribution in [3.05, 3.63) is 59.4 Å². The van der Waals surface area contributed by atoms with Crippen LogP contribution in [0, 0.1) is 0 Å². The Kier molecular flexibility index (Phi) is 7.01. The molecular weight excluding hydrogens is 382 g/mol. The molecule has 1 aromatic heterocycles. The van der Waals surface area contributed by atoms with Gasteiger partial charge in [-0.2, -0.15) is 0 Å². The van der Waals surface area contributed by atoms with Crippen molar-refractivity contribution in [1.82, 2.24) is 4.98 Å². The fourth-order valence-electron chi connectivity index (χ4n) is 3.25. The van der Waals surface area contributed by atoms with E-state index < -0.39 is 0 Å². The Labute approximate surface area is 175 Å². The number of ketones is 1. The van der Waals surface area contributed by atoms with Gasteiger partial charge >= 0.3 is 0 Å². The smallest absolute Gasteiger partial charge is 0.212 e. The number of carbonyl (C=O) groups is 2. The molecule has 0 saturated heterocycles. The largest absolute Gasteiger partial charge is 0.497 e. The third kappa shape index (κ3) is 4.43. The van der Waals surface area contributed by atoms with Crippen LogP contribution >= 0.6 is 0 Å². The zero-order valence-corrected chi connectivity index (χ0v) is 17.4. The van der Waals surface area contributed by atoms with Crippen LogP contribution in [-0.4, -0.2) is 37.9 Å². The van der Waals surface area contributed by atoms with Crippen molar-refractivity contribution in [3.63, 3.8) is 0 Å². The average Bonchev–Trinajstić information content (AvgIpc) is 2.80. The molecule has 6 nitrogen and oxygen atoms in total. The van der Waals surface area contributed by atoms with Gasteiger partial charge in [-0.15, -0.1) is 0 Å². The number of aromatic nitrogens is 1. The topological polar surface area (TPSA) is 74.7 Å². The first-order chi connectivity index (χ1) is 14.6. The minimum Gasteiger partial charge on any atom is -0.497 e. The highest BCUT2D eigenvalue weighted by atomic mass is 16.5. The number of ether oxygens (including phenoxy) is 3. The quantitative estimate of drug-likeness (QED) is 0.271. The van der Waals surface area contributed by atoms with Gasteiger partial charge in [0.05, 0.1) is 20.8 Å². The van der Waals surface area contributed by atoms with Crippen LogP contribution in [0.25, 0.3) is 10.8 Å². The van der Waals surface area contributed by atoms with Crippen molar-refractivity contribution in [2.24, 2.45) is 0 Å². The maximum absolute atomic E-state index is 13.2. The third-order valence-electron chi connectivity index (χ3n) is 4.88. The van der Waals surface area contributed by atoms with E-state index in [0.29, 0.717) is 45.8 Å². The highest BCUT2D eigenvalue weighted by Crippen LogP contribution is 2.35. The Balaban J connectivity index is 2.09. The van der Waals surface area contributed by atoms with Crippen molar-refractivity contribution < 1.29 is 23.8 Å². The molecule has 0 bridgehead atoms. The SMILES string of the molecule is CCCCCOc1cc2c(C=O)cnc(C(=O)c3cccc(OC)c3)c2cc1OC. The summed E-state index contributed by atoms with van der Waals surface area (Å²) in [5.41, 5.74) is 1.06. The lowest BCUT2D eigenvalue weighted by atomic mass is 9.99. The van der Waals surface area contributed by atoms with E-state index in [9.17, 15) is 9.59 Å². The lowest BCUT2D eigenvalue weighted by molar-refractivity contribution is 0.103. The summed E-state index contributed by atoms with van der Waals surface area (Å²) in [5.74, 6) is 1.34. The van der Waals surface area contributed by atoms with Gasteiger partial charge in [-0.25, -0.2) is 0 Å². The van der Waals surface area contributed by atoms with Gasteiger partial charge in [0.2, 0.25) is 5.78 Å². The van der Waals surface area contributed by atoms with Gasteiger partial charge in [-0.3, -0.25) is 14.6 Å². The summed E-state index contributed by atoms with van der Waals surface area (Å²) in [6.45, 7) is 2.67. The minimum atomic E-state index is -0.269. The average molecular weight is 407 g/mol. The second-order valence-corrected chi connectivity index (χ2v) is 6.85. The highest BCUT2D eigenvalue weighted by Gasteiger charge is 2.19. The molecule has 156 valence electrons. The number of rotatable bonds is 10. The van der Waals surface area contributed by atoms with Crippen molar-refractivity contribution in [3.8, 4) is 17.2 Å². The first-order valence-electron chi connectivity index (χ1n) is 9.90. The molecular formula is C24H25NO5. The predicted octanol–water partition coefficient (Wildman–Crippen LogP) is 4.86. The molecule has 0 amide bonds. The van der Waals surface area contributed by atoms with Crippen LogP contribution in [-0.2, 0) is 0 Å². The Morgan fingerprint density at radius 1 is 1.03 bits per heavy atom. The van der Waals surface area contributed by atoms with Crippen LogP contribution in [0.4, 0.5) is 0 Å². The summed E-state index contributed by atoms with van der Waals surface area (Å²) in [5, 5.41) is 1.13. The fourth-order valence-corrected chi connectivity index (χ4v) is 3.25. The van der Waals surface area contributed by atoms with E-state index in [-0.39, 0.29) is 11.5 Å². The van der Waals surface area contributed by atoms with Crippen molar-refractivity contribution in [2.45, 2.75) is 26.2 Å². The number of nitrogens with zero attached hydrogens (tertiary/aromatic N) is 1. The van der Waals surface area contributed by atoms with Crippen LogP contribution in [0.1, 0.15) is 52.6 Å². The van der Waals surface area contributed by atoms with Crippen LogP contribution in [0.15, 0.2) is 42.6 Å². The molecule has 3 aromatic rings. The monoisotopic (exact) mass is 407 g/mol. The van der Waals surface area contributed by atoms with E-state index in [2.05, 4.69) is 11.9 Å². The van der Waals surface area contributed by atoms with E-state index in [1.54, 1.807) is 50.6 Å². The number of carbonyl (C=O) groups excluding carboxylic acids is 2. The summed E-state index contributed by atoms with van der Waals surface area (Å²) in [6.07, 6.45) is 5.22. The van der Waals surface area contributed by atoms with Gasteiger partial charge in [0, 0.05) is 22.7 Å². The second kappa shape index (κ2) is 9.87. The molecule has 0 N–H and O–H groups in total. The number of fused-ring (bicyclic) bond motifs is 1. The first kappa shape index (κ1) is 21.3. The highest BCUT2D eigenvalue weighted by molar-refractivity contribution is 6.17. The number of methoxy groups -OCH3 is 2. The van der Waals surface area contributed by atoms with Gasteiger partial charge in [0.25, 0.3) is 0 Å². The lowest BCUT2D eigenvalue weighted by Crippen LogP contribution is -2.07. The zero-order valence-electron chi connectivity index (χ0n) is 17.4. The molecule has 0 fully saturated rings. The van der Waals surface area contributed by atoms with Gasteiger partial charge < -0.3 is 14.2 Å². The fraction of sp³-hybridized carbons (Fsp3) is 0.292. The summed E-state index contributed by atoms with van der Waals surface area (Å²) in [6, 6.07) is 10.3. The maximum atomic E-state index is 13.2. The van der Waals surface area contributed by atoms with Gasteiger partial charge in [-0.05, 0) is 36.1 Å². The summed E-state index contributed by atoms with van der Waals surface area (Å²) in [7, 11) is 3.09. The molecule has 0 saturated carbocycles. The Morgan fingerprint density at radius 2 is 1.83 bits per heavy atom. The van der Waals surface area contributed by atoms with Gasteiger partial charge in [0.1, 0.15) is 11.4 Å². The molecule has 0 aliphatic rings. The number of hydrogen-bond acceptors (Lipinski definition) is 6. The number of hydrogen-bond donors (Lipinski definition) is 0. The number of unbranched alkanes of at least 4 members (excludes halogenated alkanes) is 2. The van der Waals surface area contributed by atoms with Crippen LogP contribution < -0.4 is 14.2 Å². The molecule has 6 heteroatoms. The molecule has 0 radical (unpaired) electrons. The van der Waals surface area contributed by atoms with E-state index >= 15 is 0 Å². The summed E-state index contributed by atoms with van der Waals surface area (Å²) < 4.78 is 16.6. The number of aldehydes is 1. The standard InChI is InChI=1S/C24H25NO5/c1-4-5-6-10-30-22-12-19-17(15-26)14-25-23(20(19)13-21(22)29-3)24(27)16-8-7-9-18(11-16)28-2/h7-9,11-15H,4-6,10H2,1-3H3. The van der Waals surface area contributed by atoms with Crippen molar-refractivity contribution >= 4 is 22.8 Å². The first-order valence-corrected chi connectivity index (χ1v) is 9.90. The number of benzene rings is 2. The molecule has 0 spiro atoms. The normalized spacial score (nSPS) is 10.6. The molecule has 0 aliphatic heterocycles. The Hall–Kier alpha value is -3.41. The summed E-state index contributed by atoms with van der Waals surface area (Å²) >= 11 is 0. The predicted molar refractivity (Wildman–Crippen MR) is 115 cm³/mol. The molecule has 0 aliphatic carbocycles. The van der Waals surface area contributed by atoms with E-state index in [1.807, 2.05) is 0 Å². The van der Waals surface area contributed by atoms with Crippen LogP contribution in [0.2, 0.25) is 0 Å². The third-order valence-corrected chi connectivity index (χ3v) is 4.88. The zero-order chi connectivity index (χ0) is 21.5. The van der Waals surface area contributed by atoms with E-state index in [4.69, 9.17) is 14.2 Å². The second-order valence-electron chi connectivity index (χ2n) is 6.85.